The number of hydrogen-bond acceptors (Lipinski definition) is 3. The maximum Gasteiger partial charge on any atom is 0.225 e. The van der Waals surface area contributed by atoms with Crippen LogP contribution in [-0.4, -0.2) is 18.2 Å². The van der Waals surface area contributed by atoms with Crippen LogP contribution in [0.25, 0.3) is 0 Å². The summed E-state index contributed by atoms with van der Waals surface area (Å²) in [7, 11) is 0. The zero-order valence-electron chi connectivity index (χ0n) is 11.7. The lowest BCUT2D eigenvalue weighted by Gasteiger charge is -2.40. The van der Waals surface area contributed by atoms with Crippen molar-refractivity contribution in [1.82, 2.24) is 0 Å². The molecule has 1 aliphatic carbocycles. The first kappa shape index (κ1) is 15.1. The smallest absolute Gasteiger partial charge is 0.225 e. The first-order chi connectivity index (χ1) is 9.69. The maximum absolute atomic E-state index is 12.2. The van der Waals surface area contributed by atoms with Gasteiger partial charge in [-0.3, -0.25) is 4.79 Å². The Morgan fingerprint density at radius 1 is 1.45 bits per heavy atom. The first-order valence-electron chi connectivity index (χ1n) is 7.02. The van der Waals surface area contributed by atoms with Crippen LogP contribution in [-0.2, 0) is 4.79 Å². The highest BCUT2D eigenvalue weighted by molar-refractivity contribution is 7.99. The number of nitrogens with one attached hydrogen (secondary N) is 1. The molecule has 3 N–H and O–H groups in total. The minimum Gasteiger partial charge on any atom is -0.330 e. The van der Waals surface area contributed by atoms with Crippen molar-refractivity contribution in [3.8, 4) is 0 Å². The van der Waals surface area contributed by atoms with E-state index >= 15 is 0 Å². The van der Waals surface area contributed by atoms with Gasteiger partial charge in [0.2, 0.25) is 5.91 Å². The fourth-order valence-corrected chi connectivity index (χ4v) is 3.26. The van der Waals surface area contributed by atoms with Crippen molar-refractivity contribution in [1.29, 1.82) is 0 Å². The summed E-state index contributed by atoms with van der Waals surface area (Å²) >= 11 is 1.68. The molecule has 0 unspecified atom stereocenters. The van der Waals surface area contributed by atoms with Crippen molar-refractivity contribution in [2.24, 2.45) is 11.1 Å². The fraction of sp³-hybridized carbons (Fsp3) is 0.438. The van der Waals surface area contributed by atoms with E-state index in [2.05, 4.69) is 11.9 Å². The first-order valence-corrected chi connectivity index (χ1v) is 8.00. The van der Waals surface area contributed by atoms with Crippen LogP contribution in [0.3, 0.4) is 0 Å². The lowest BCUT2D eigenvalue weighted by molar-refractivity contribution is -0.119. The molecule has 0 aromatic heterocycles. The van der Waals surface area contributed by atoms with Crippen LogP contribution in [0, 0.1) is 5.41 Å². The third-order valence-corrected chi connectivity index (χ3v) is 4.97. The largest absolute Gasteiger partial charge is 0.330 e. The van der Waals surface area contributed by atoms with E-state index in [9.17, 15) is 4.79 Å². The number of anilines is 1. The van der Waals surface area contributed by atoms with Crippen molar-refractivity contribution in [2.45, 2.75) is 30.6 Å². The fourth-order valence-electron chi connectivity index (χ4n) is 2.51. The lowest BCUT2D eigenvalue weighted by Crippen LogP contribution is -2.40. The predicted octanol–water partition coefficient (Wildman–Crippen LogP) is 3.42. The maximum atomic E-state index is 12.2. The van der Waals surface area contributed by atoms with Crippen LogP contribution in [0.15, 0.2) is 41.8 Å². The van der Waals surface area contributed by atoms with Crippen molar-refractivity contribution >= 4 is 23.4 Å². The zero-order chi connectivity index (χ0) is 14.4. The number of carbonyl (C=O) groups is 1. The molecule has 0 aliphatic heterocycles. The van der Waals surface area contributed by atoms with Gasteiger partial charge >= 0.3 is 0 Å². The van der Waals surface area contributed by atoms with E-state index in [0.717, 1.165) is 29.2 Å². The highest BCUT2D eigenvalue weighted by Gasteiger charge is 2.37. The average molecular weight is 290 g/mol. The molecule has 0 heterocycles. The Kier molecular flexibility index (Phi) is 5.26. The third kappa shape index (κ3) is 3.64. The van der Waals surface area contributed by atoms with Crippen LogP contribution in [0.1, 0.15) is 25.7 Å². The molecule has 0 spiro atoms. The number of para-hydroxylation sites is 1. The van der Waals surface area contributed by atoms with E-state index in [4.69, 9.17) is 5.73 Å². The van der Waals surface area contributed by atoms with Gasteiger partial charge in [-0.2, -0.15) is 0 Å². The molecule has 108 valence electrons. The molecule has 1 aliphatic rings. The molecule has 20 heavy (non-hydrogen) atoms. The predicted molar refractivity (Wildman–Crippen MR) is 85.9 cm³/mol. The number of carbonyl (C=O) groups excluding carboxylic acids is 1. The molecule has 4 heteroatoms. The molecule has 1 aromatic rings. The van der Waals surface area contributed by atoms with Crippen molar-refractivity contribution in [3.63, 3.8) is 0 Å². The Morgan fingerprint density at radius 2 is 2.20 bits per heavy atom. The van der Waals surface area contributed by atoms with Gasteiger partial charge in [-0.25, -0.2) is 0 Å². The van der Waals surface area contributed by atoms with E-state index in [1.165, 1.54) is 6.42 Å². The lowest BCUT2D eigenvalue weighted by atomic mass is 9.66. The van der Waals surface area contributed by atoms with Crippen LogP contribution in [0.2, 0.25) is 0 Å². The summed E-state index contributed by atoms with van der Waals surface area (Å²) in [5.74, 6) is 0.904. The van der Waals surface area contributed by atoms with Gasteiger partial charge in [0.25, 0.3) is 0 Å². The van der Waals surface area contributed by atoms with E-state index in [1.54, 1.807) is 11.8 Å². The summed E-state index contributed by atoms with van der Waals surface area (Å²) in [6.07, 6.45) is 5.73. The standard InChI is InChI=1S/C16H22N2OS/c1-2-10-20-14-7-4-3-6-13(14)18-15(19)11-16(12-17)8-5-9-16/h2-4,6-7H,1,5,8-12,17H2,(H,18,19). The zero-order valence-corrected chi connectivity index (χ0v) is 12.5. The summed E-state index contributed by atoms with van der Waals surface area (Å²) in [5.41, 5.74) is 6.74. The minimum atomic E-state index is 0.0489. The molecule has 1 amide bonds. The molecule has 0 radical (unpaired) electrons. The van der Waals surface area contributed by atoms with E-state index in [-0.39, 0.29) is 11.3 Å². The number of amides is 1. The van der Waals surface area contributed by atoms with Gasteiger partial charge in [-0.05, 0) is 36.9 Å². The van der Waals surface area contributed by atoms with Crippen LogP contribution >= 0.6 is 11.8 Å². The van der Waals surface area contributed by atoms with Crippen molar-refractivity contribution in [2.75, 3.05) is 17.6 Å². The van der Waals surface area contributed by atoms with Gasteiger partial charge < -0.3 is 11.1 Å². The molecular formula is C16H22N2OS. The highest BCUT2D eigenvalue weighted by Crippen LogP contribution is 2.43. The summed E-state index contributed by atoms with van der Waals surface area (Å²) in [4.78, 5) is 13.3. The molecule has 0 atom stereocenters. The van der Waals surface area contributed by atoms with E-state index in [1.807, 2.05) is 30.3 Å². The minimum absolute atomic E-state index is 0.0489. The van der Waals surface area contributed by atoms with Crippen LogP contribution in [0.5, 0.6) is 0 Å². The Labute approximate surface area is 125 Å². The number of thioether (sulfide) groups is 1. The second kappa shape index (κ2) is 6.95. The van der Waals surface area contributed by atoms with Crippen LogP contribution < -0.4 is 11.1 Å². The summed E-state index contributed by atoms with van der Waals surface area (Å²) in [6, 6.07) is 7.88. The van der Waals surface area contributed by atoms with Gasteiger partial charge in [-0.1, -0.05) is 24.6 Å². The topological polar surface area (TPSA) is 55.1 Å². The summed E-state index contributed by atoms with van der Waals surface area (Å²) in [5, 5.41) is 3.03. The van der Waals surface area contributed by atoms with Gasteiger partial charge in [0, 0.05) is 17.1 Å². The monoisotopic (exact) mass is 290 g/mol. The van der Waals surface area contributed by atoms with Gasteiger partial charge in [0.1, 0.15) is 0 Å². The molecule has 1 aromatic carbocycles. The molecule has 0 bridgehead atoms. The quantitative estimate of drug-likeness (QED) is 0.597. The Hall–Kier alpha value is -1.26. The van der Waals surface area contributed by atoms with E-state index < -0.39 is 0 Å². The molecule has 3 nitrogen and oxygen atoms in total. The normalized spacial score (nSPS) is 16.2. The molecule has 0 saturated heterocycles. The number of rotatable bonds is 7. The Morgan fingerprint density at radius 3 is 2.80 bits per heavy atom. The number of benzene rings is 1. The highest BCUT2D eigenvalue weighted by atomic mass is 32.2. The summed E-state index contributed by atoms with van der Waals surface area (Å²) in [6.45, 7) is 4.33. The van der Waals surface area contributed by atoms with Gasteiger partial charge in [0.15, 0.2) is 0 Å². The van der Waals surface area contributed by atoms with Crippen molar-refractivity contribution in [3.05, 3.63) is 36.9 Å². The second-order valence-electron chi connectivity index (χ2n) is 5.38. The van der Waals surface area contributed by atoms with Gasteiger partial charge in [-0.15, -0.1) is 18.3 Å². The molecule has 1 fully saturated rings. The Bertz CT molecular complexity index is 478. The van der Waals surface area contributed by atoms with Crippen LogP contribution in [0.4, 0.5) is 5.69 Å². The van der Waals surface area contributed by atoms with Gasteiger partial charge in [0.05, 0.1) is 5.69 Å². The molecular weight excluding hydrogens is 268 g/mol. The Balaban J connectivity index is 1.98. The number of hydrogen-bond donors (Lipinski definition) is 2. The van der Waals surface area contributed by atoms with E-state index in [0.29, 0.717) is 13.0 Å². The summed E-state index contributed by atoms with van der Waals surface area (Å²) < 4.78 is 0. The second-order valence-corrected chi connectivity index (χ2v) is 6.44. The molecule has 2 rings (SSSR count). The molecule has 1 saturated carbocycles. The van der Waals surface area contributed by atoms with Crippen molar-refractivity contribution < 1.29 is 4.79 Å². The average Bonchev–Trinajstić information content (AvgIpc) is 2.42. The SMILES string of the molecule is C=CCSc1ccccc1NC(=O)CC1(CN)CCC1. The number of nitrogens with two attached hydrogens (primary N) is 1. The third-order valence-electron chi connectivity index (χ3n) is 3.90.